The molecule has 5 rings (SSSR count). The number of piperazine rings is 1. The molecule has 0 amide bonds. The van der Waals surface area contributed by atoms with Gasteiger partial charge >= 0.3 is 0 Å². The summed E-state index contributed by atoms with van der Waals surface area (Å²) in [4.78, 5) is 4.23. The zero-order valence-corrected chi connectivity index (χ0v) is 22.4. The molecule has 3 aliphatic heterocycles. The molecule has 9 heteroatoms. The molecule has 37 heavy (non-hydrogen) atoms. The van der Waals surface area contributed by atoms with Crippen molar-refractivity contribution in [3.8, 4) is 34.8 Å². The van der Waals surface area contributed by atoms with E-state index in [0.29, 0.717) is 46.8 Å². The predicted molar refractivity (Wildman–Crippen MR) is 137 cm³/mol. The van der Waals surface area contributed by atoms with Crippen molar-refractivity contribution < 1.29 is 29.5 Å². The molecule has 3 aliphatic rings. The van der Waals surface area contributed by atoms with Gasteiger partial charge in [0, 0.05) is 39.9 Å². The molecule has 9 nitrogen and oxygen atoms in total. The lowest BCUT2D eigenvalue weighted by Gasteiger charge is -2.59. The van der Waals surface area contributed by atoms with E-state index in [1.54, 1.807) is 14.2 Å². The third-order valence-electron chi connectivity index (χ3n) is 8.99. The number of phenols is 2. The molecule has 5 atom stereocenters. The first-order valence-corrected chi connectivity index (χ1v) is 12.5. The number of nitriles is 1. The number of methoxy groups -OCH3 is 3. The molecule has 0 radical (unpaired) electrons. The quantitative estimate of drug-likeness (QED) is 0.572. The lowest BCUT2D eigenvalue weighted by molar-refractivity contribution is -0.0828. The number of aromatic hydroxyl groups is 2. The van der Waals surface area contributed by atoms with Crippen LogP contribution in [0.1, 0.15) is 51.0 Å². The van der Waals surface area contributed by atoms with Gasteiger partial charge in [-0.2, -0.15) is 5.26 Å². The average molecular weight is 510 g/mol. The monoisotopic (exact) mass is 509 g/mol. The number of fused-ring (bicyclic) bond motifs is 7. The van der Waals surface area contributed by atoms with Gasteiger partial charge in [-0.15, -0.1) is 0 Å². The summed E-state index contributed by atoms with van der Waals surface area (Å²) in [6, 6.07) is 0.548. The smallest absolute Gasteiger partial charge is 0.167 e. The Morgan fingerprint density at radius 3 is 2.03 bits per heavy atom. The van der Waals surface area contributed by atoms with Crippen molar-refractivity contribution >= 4 is 0 Å². The Morgan fingerprint density at radius 2 is 1.46 bits per heavy atom. The van der Waals surface area contributed by atoms with Crippen LogP contribution in [0.3, 0.4) is 0 Å². The molecule has 1 saturated heterocycles. The summed E-state index contributed by atoms with van der Waals surface area (Å²) in [7, 11) is 6.70. The van der Waals surface area contributed by atoms with Crippen LogP contribution < -0.4 is 14.2 Å². The first-order valence-electron chi connectivity index (χ1n) is 12.5. The Morgan fingerprint density at radius 1 is 0.838 bits per heavy atom. The normalized spacial score (nSPS) is 26.5. The van der Waals surface area contributed by atoms with Crippen LogP contribution in [0, 0.1) is 32.1 Å². The maximum Gasteiger partial charge on any atom is 0.167 e. The zero-order valence-electron chi connectivity index (χ0n) is 22.4. The fourth-order valence-corrected chi connectivity index (χ4v) is 7.27. The van der Waals surface area contributed by atoms with E-state index in [0.717, 1.165) is 22.3 Å². The molecule has 1 fully saturated rings. The van der Waals surface area contributed by atoms with Crippen molar-refractivity contribution in [2.24, 2.45) is 0 Å². The number of aliphatic hydroxyl groups excluding tert-OH is 1. The van der Waals surface area contributed by atoms with Crippen LogP contribution in [0.25, 0.3) is 0 Å². The fraction of sp³-hybridized carbons (Fsp3) is 0.536. The lowest BCUT2D eigenvalue weighted by Crippen LogP contribution is -2.68. The number of aliphatic hydroxyl groups is 1. The number of rotatable bonds is 4. The topological polar surface area (TPSA) is 119 Å². The van der Waals surface area contributed by atoms with Crippen LogP contribution in [-0.4, -0.2) is 78.2 Å². The van der Waals surface area contributed by atoms with Crippen LogP contribution in [0.5, 0.6) is 28.7 Å². The number of nitrogens with zero attached hydrogens (tertiary/aromatic N) is 3. The van der Waals surface area contributed by atoms with Gasteiger partial charge in [-0.1, -0.05) is 0 Å². The van der Waals surface area contributed by atoms with E-state index >= 15 is 0 Å². The third-order valence-corrected chi connectivity index (χ3v) is 8.99. The lowest BCUT2D eigenvalue weighted by atomic mass is 9.71. The summed E-state index contributed by atoms with van der Waals surface area (Å²) in [5, 5.41) is 44.0. The van der Waals surface area contributed by atoms with Gasteiger partial charge in [-0.25, -0.2) is 0 Å². The number of phenolic OH excluding ortho intramolecular Hbond substituents is 2. The van der Waals surface area contributed by atoms with Gasteiger partial charge in [-0.05, 0) is 51.8 Å². The van der Waals surface area contributed by atoms with Gasteiger partial charge in [0.15, 0.2) is 11.5 Å². The Kier molecular flexibility index (Phi) is 6.18. The molecule has 0 aromatic heterocycles. The minimum atomic E-state index is -0.560. The van der Waals surface area contributed by atoms with Crippen molar-refractivity contribution in [3.05, 3.63) is 38.9 Å². The van der Waals surface area contributed by atoms with Gasteiger partial charge in [0.2, 0.25) is 0 Å². The van der Waals surface area contributed by atoms with Crippen molar-refractivity contribution in [2.75, 3.05) is 35.0 Å². The van der Waals surface area contributed by atoms with Crippen LogP contribution >= 0.6 is 0 Å². The molecular weight excluding hydrogens is 474 g/mol. The maximum absolute atomic E-state index is 11.5. The third kappa shape index (κ3) is 3.19. The van der Waals surface area contributed by atoms with Gasteiger partial charge in [-0.3, -0.25) is 9.80 Å². The first-order chi connectivity index (χ1) is 17.7. The number of likely N-dealkylation sites (N-methyl/N-ethyl adjacent to an activating group) is 1. The van der Waals surface area contributed by atoms with E-state index in [-0.39, 0.29) is 36.2 Å². The van der Waals surface area contributed by atoms with Crippen LogP contribution in [0.2, 0.25) is 0 Å². The summed E-state index contributed by atoms with van der Waals surface area (Å²) in [5.41, 5.74) is 5.27. The number of hydrogen-bond donors (Lipinski definition) is 3. The van der Waals surface area contributed by atoms with E-state index in [1.807, 2.05) is 27.8 Å². The highest BCUT2D eigenvalue weighted by Crippen LogP contribution is 2.57. The molecule has 2 aromatic rings. The summed E-state index contributed by atoms with van der Waals surface area (Å²) in [6.07, 6.45) is 0.901. The van der Waals surface area contributed by atoms with Gasteiger partial charge in [0.1, 0.15) is 23.3 Å². The predicted octanol–water partition coefficient (Wildman–Crippen LogP) is 2.81. The van der Waals surface area contributed by atoms with Gasteiger partial charge in [0.25, 0.3) is 0 Å². The second-order valence-electron chi connectivity index (χ2n) is 10.3. The SMILES string of the molecule is COc1c(C)c(OC)c2c(c1O)[C@@H]1[C@@H]3Cc4c(O)c(C)c(C)c(OC)c4[C@H](CO)N3C(C#N)[C@H](C2)N1C. The molecule has 0 spiro atoms. The van der Waals surface area contributed by atoms with Crippen molar-refractivity contribution in [1.29, 1.82) is 5.26 Å². The minimum absolute atomic E-state index is 0.0645. The van der Waals surface area contributed by atoms with Gasteiger partial charge in [0.05, 0.1) is 46.1 Å². The Balaban J connectivity index is 1.82. The number of benzene rings is 2. The van der Waals surface area contributed by atoms with E-state index < -0.39 is 12.1 Å². The summed E-state index contributed by atoms with van der Waals surface area (Å²) in [6.45, 7) is 5.36. The molecule has 2 aromatic carbocycles. The van der Waals surface area contributed by atoms with Crippen molar-refractivity contribution in [3.63, 3.8) is 0 Å². The van der Waals surface area contributed by atoms with Crippen molar-refractivity contribution in [2.45, 2.75) is 63.8 Å². The molecule has 0 saturated carbocycles. The highest BCUT2D eigenvalue weighted by molar-refractivity contribution is 5.66. The van der Waals surface area contributed by atoms with E-state index in [1.165, 1.54) is 7.11 Å². The highest BCUT2D eigenvalue weighted by atomic mass is 16.5. The second-order valence-corrected chi connectivity index (χ2v) is 10.3. The summed E-state index contributed by atoms with van der Waals surface area (Å²) in [5.74, 6) is 1.90. The maximum atomic E-state index is 11.5. The van der Waals surface area contributed by atoms with E-state index in [2.05, 4.69) is 15.9 Å². The zero-order chi connectivity index (χ0) is 26.9. The van der Waals surface area contributed by atoms with Crippen molar-refractivity contribution in [1.82, 2.24) is 9.80 Å². The Hall–Kier alpha value is -3.19. The molecule has 1 unspecified atom stereocenters. The molecule has 198 valence electrons. The minimum Gasteiger partial charge on any atom is -0.507 e. The Labute approximate surface area is 217 Å². The highest BCUT2D eigenvalue weighted by Gasteiger charge is 2.56. The summed E-state index contributed by atoms with van der Waals surface area (Å²) >= 11 is 0. The fourth-order valence-electron chi connectivity index (χ4n) is 7.27. The molecular formula is C28H35N3O6. The molecule has 3 heterocycles. The Bertz CT molecular complexity index is 1320. The molecule has 0 aliphatic carbocycles. The molecule has 3 N–H and O–H groups in total. The average Bonchev–Trinajstić information content (AvgIpc) is 2.88. The standard InChI is InChI=1S/C28H35N3O6/c1-12-13(2)27(36-6)21-15(24(12)33)8-18-23-22-16(26(35-5)14(3)28(37-7)25(22)34)9-17(30(23)4)19(10-29)31(18)20(21)11-32/h17-20,23,32-34H,8-9,11H2,1-7H3/t17-,18-,19?,20-,23-/m0/s1. The number of ether oxygens (including phenoxy) is 3. The van der Waals surface area contributed by atoms with Crippen LogP contribution in [0.15, 0.2) is 0 Å². The van der Waals surface area contributed by atoms with E-state index in [9.17, 15) is 20.6 Å². The first kappa shape index (κ1) is 25.5. The summed E-state index contributed by atoms with van der Waals surface area (Å²) < 4.78 is 17.2. The van der Waals surface area contributed by atoms with Crippen LogP contribution in [0.4, 0.5) is 0 Å². The van der Waals surface area contributed by atoms with E-state index in [4.69, 9.17) is 14.2 Å². The second kappa shape index (κ2) is 8.98. The van der Waals surface area contributed by atoms with Gasteiger partial charge < -0.3 is 29.5 Å². The largest absolute Gasteiger partial charge is 0.507 e. The molecule has 2 bridgehead atoms. The van der Waals surface area contributed by atoms with Crippen LogP contribution in [-0.2, 0) is 12.8 Å². The number of hydrogen-bond acceptors (Lipinski definition) is 9.